The number of benzene rings is 1. The van der Waals surface area contributed by atoms with E-state index in [2.05, 4.69) is 20.7 Å². The Morgan fingerprint density at radius 1 is 1.20 bits per heavy atom. The lowest BCUT2D eigenvalue weighted by Crippen LogP contribution is -2.36. The van der Waals surface area contributed by atoms with Gasteiger partial charge < -0.3 is 9.64 Å². The van der Waals surface area contributed by atoms with Crippen molar-refractivity contribution in [1.29, 1.82) is 0 Å². The van der Waals surface area contributed by atoms with Crippen molar-refractivity contribution >= 4 is 21.8 Å². The highest BCUT2D eigenvalue weighted by atomic mass is 79.9. The molecule has 0 atom stereocenters. The minimum atomic E-state index is -4.81. The van der Waals surface area contributed by atoms with Crippen LogP contribution in [0.15, 0.2) is 22.7 Å². The van der Waals surface area contributed by atoms with E-state index in [1.165, 1.54) is 12.1 Å². The summed E-state index contributed by atoms with van der Waals surface area (Å²) in [5.41, 5.74) is -0.0707. The van der Waals surface area contributed by atoms with Crippen molar-refractivity contribution in [3.8, 4) is 5.75 Å². The molecule has 1 aromatic carbocycles. The number of piperidine rings is 1. The van der Waals surface area contributed by atoms with Gasteiger partial charge in [0.1, 0.15) is 5.75 Å². The van der Waals surface area contributed by atoms with E-state index in [-0.39, 0.29) is 5.56 Å². The van der Waals surface area contributed by atoms with Crippen LogP contribution in [0.4, 0.5) is 13.2 Å². The molecular formula is C13H13BrF3NO2. The van der Waals surface area contributed by atoms with Gasteiger partial charge in [-0.05, 0) is 37.5 Å². The summed E-state index contributed by atoms with van der Waals surface area (Å²) in [4.78, 5) is 13.9. The summed E-state index contributed by atoms with van der Waals surface area (Å²) in [5.74, 6) is -0.887. The van der Waals surface area contributed by atoms with Crippen molar-refractivity contribution in [2.75, 3.05) is 13.1 Å². The Labute approximate surface area is 122 Å². The third-order valence-corrected chi connectivity index (χ3v) is 3.53. The Balaban J connectivity index is 2.28. The number of carbonyl (C=O) groups is 1. The summed E-state index contributed by atoms with van der Waals surface area (Å²) in [6.45, 7) is 1.13. The molecule has 0 unspecified atom stereocenters. The fourth-order valence-electron chi connectivity index (χ4n) is 2.15. The first-order chi connectivity index (χ1) is 9.37. The van der Waals surface area contributed by atoms with Crippen LogP contribution in [0.3, 0.4) is 0 Å². The lowest BCUT2D eigenvalue weighted by molar-refractivity contribution is -0.274. The number of carbonyl (C=O) groups excluding carboxylic acids is 1. The normalized spacial score (nSPS) is 16.1. The molecule has 1 heterocycles. The van der Waals surface area contributed by atoms with Crippen LogP contribution in [-0.4, -0.2) is 30.3 Å². The number of hydrogen-bond acceptors (Lipinski definition) is 2. The van der Waals surface area contributed by atoms with Crippen molar-refractivity contribution < 1.29 is 22.7 Å². The van der Waals surface area contributed by atoms with Gasteiger partial charge >= 0.3 is 6.36 Å². The van der Waals surface area contributed by atoms with Gasteiger partial charge in [-0.1, -0.05) is 15.9 Å². The zero-order valence-corrected chi connectivity index (χ0v) is 12.1. The largest absolute Gasteiger partial charge is 0.573 e. The van der Waals surface area contributed by atoms with Gasteiger partial charge in [0, 0.05) is 17.6 Å². The third-order valence-electron chi connectivity index (χ3n) is 3.04. The number of rotatable bonds is 2. The molecule has 0 aromatic heterocycles. The average Bonchev–Trinajstić information content (AvgIpc) is 2.39. The number of hydrogen-bond donors (Lipinski definition) is 0. The first kappa shape index (κ1) is 15.2. The third kappa shape index (κ3) is 3.88. The number of likely N-dealkylation sites (tertiary alicyclic amines) is 1. The van der Waals surface area contributed by atoms with Gasteiger partial charge in [0.25, 0.3) is 5.91 Å². The topological polar surface area (TPSA) is 29.5 Å². The van der Waals surface area contributed by atoms with Crippen LogP contribution in [-0.2, 0) is 0 Å². The molecule has 1 aromatic rings. The first-order valence-electron chi connectivity index (χ1n) is 6.21. The number of halogens is 4. The van der Waals surface area contributed by atoms with Crippen molar-refractivity contribution in [3.05, 3.63) is 28.2 Å². The summed E-state index contributed by atoms with van der Waals surface area (Å²) in [7, 11) is 0. The summed E-state index contributed by atoms with van der Waals surface area (Å²) in [5, 5.41) is 0. The molecule has 2 rings (SSSR count). The molecule has 1 aliphatic heterocycles. The molecule has 0 N–H and O–H groups in total. The average molecular weight is 352 g/mol. The highest BCUT2D eigenvalue weighted by Crippen LogP contribution is 2.30. The maximum Gasteiger partial charge on any atom is 0.573 e. The van der Waals surface area contributed by atoms with E-state index < -0.39 is 18.0 Å². The van der Waals surface area contributed by atoms with E-state index in [0.717, 1.165) is 25.3 Å². The number of alkyl halides is 3. The SMILES string of the molecule is O=C(c1cc(Br)ccc1OC(F)(F)F)N1CCCCC1. The van der Waals surface area contributed by atoms with Gasteiger partial charge in [0.15, 0.2) is 0 Å². The van der Waals surface area contributed by atoms with Gasteiger partial charge in [0.2, 0.25) is 0 Å². The van der Waals surface area contributed by atoms with Crippen LogP contribution in [0.25, 0.3) is 0 Å². The molecule has 110 valence electrons. The van der Waals surface area contributed by atoms with E-state index in [9.17, 15) is 18.0 Å². The molecule has 3 nitrogen and oxygen atoms in total. The lowest BCUT2D eigenvalue weighted by Gasteiger charge is -2.27. The Morgan fingerprint density at radius 3 is 2.45 bits per heavy atom. The van der Waals surface area contributed by atoms with Crippen molar-refractivity contribution in [2.24, 2.45) is 0 Å². The Bertz CT molecular complexity index is 499. The van der Waals surface area contributed by atoms with Crippen LogP contribution in [0.2, 0.25) is 0 Å². The number of ether oxygens (including phenoxy) is 1. The lowest BCUT2D eigenvalue weighted by atomic mass is 10.1. The van der Waals surface area contributed by atoms with E-state index in [1.807, 2.05) is 0 Å². The second-order valence-corrected chi connectivity index (χ2v) is 5.46. The summed E-state index contributed by atoms with van der Waals surface area (Å²) >= 11 is 3.16. The zero-order chi connectivity index (χ0) is 14.8. The van der Waals surface area contributed by atoms with Crippen LogP contribution in [0.1, 0.15) is 29.6 Å². The fourth-order valence-corrected chi connectivity index (χ4v) is 2.51. The van der Waals surface area contributed by atoms with Crippen LogP contribution < -0.4 is 4.74 Å². The molecule has 0 radical (unpaired) electrons. The Morgan fingerprint density at radius 2 is 1.85 bits per heavy atom. The molecule has 0 bridgehead atoms. The van der Waals surface area contributed by atoms with E-state index >= 15 is 0 Å². The maximum absolute atomic E-state index is 12.4. The summed E-state index contributed by atoms with van der Waals surface area (Å²) < 4.78 is 41.6. The van der Waals surface area contributed by atoms with Crippen LogP contribution >= 0.6 is 15.9 Å². The summed E-state index contributed by atoms with van der Waals surface area (Å²) in [6.07, 6.45) is -2.04. The Hall–Kier alpha value is -1.24. The molecule has 1 aliphatic rings. The van der Waals surface area contributed by atoms with Crippen molar-refractivity contribution in [2.45, 2.75) is 25.6 Å². The van der Waals surface area contributed by atoms with Gasteiger partial charge in [-0.15, -0.1) is 13.2 Å². The second-order valence-electron chi connectivity index (χ2n) is 4.54. The maximum atomic E-state index is 12.4. The quantitative estimate of drug-likeness (QED) is 0.806. The molecule has 20 heavy (non-hydrogen) atoms. The summed E-state index contributed by atoms with van der Waals surface area (Å²) in [6, 6.07) is 3.92. The molecule has 1 amide bonds. The van der Waals surface area contributed by atoms with Gasteiger partial charge in [0.05, 0.1) is 5.56 Å². The minimum Gasteiger partial charge on any atom is -0.405 e. The second kappa shape index (κ2) is 6.03. The zero-order valence-electron chi connectivity index (χ0n) is 10.5. The monoisotopic (exact) mass is 351 g/mol. The predicted molar refractivity (Wildman–Crippen MR) is 70.6 cm³/mol. The standard InChI is InChI=1S/C13H13BrF3NO2/c14-9-4-5-11(20-13(15,16)17)10(8-9)12(19)18-6-2-1-3-7-18/h4-5,8H,1-3,6-7H2. The molecule has 1 saturated heterocycles. The number of nitrogens with zero attached hydrogens (tertiary/aromatic N) is 1. The highest BCUT2D eigenvalue weighted by molar-refractivity contribution is 9.10. The van der Waals surface area contributed by atoms with Crippen molar-refractivity contribution in [3.63, 3.8) is 0 Å². The fraction of sp³-hybridized carbons (Fsp3) is 0.462. The van der Waals surface area contributed by atoms with Gasteiger partial charge in [-0.2, -0.15) is 0 Å². The minimum absolute atomic E-state index is 0.0707. The van der Waals surface area contributed by atoms with E-state index in [1.54, 1.807) is 4.90 Å². The first-order valence-corrected chi connectivity index (χ1v) is 7.01. The molecule has 0 aliphatic carbocycles. The number of amides is 1. The van der Waals surface area contributed by atoms with Crippen LogP contribution in [0.5, 0.6) is 5.75 Å². The predicted octanol–water partition coefficient (Wildman–Crippen LogP) is 3.97. The molecule has 0 saturated carbocycles. The van der Waals surface area contributed by atoms with E-state index in [4.69, 9.17) is 0 Å². The molecule has 7 heteroatoms. The van der Waals surface area contributed by atoms with Gasteiger partial charge in [-0.25, -0.2) is 0 Å². The van der Waals surface area contributed by atoms with Crippen LogP contribution in [0, 0.1) is 0 Å². The molecule has 1 fully saturated rings. The van der Waals surface area contributed by atoms with E-state index in [0.29, 0.717) is 17.6 Å². The van der Waals surface area contributed by atoms with Crippen molar-refractivity contribution in [1.82, 2.24) is 4.90 Å². The molecule has 0 spiro atoms. The Kier molecular flexibility index (Phi) is 4.57. The highest BCUT2D eigenvalue weighted by Gasteiger charge is 2.33. The van der Waals surface area contributed by atoms with Gasteiger partial charge in [-0.3, -0.25) is 4.79 Å². The smallest absolute Gasteiger partial charge is 0.405 e. The molecular weight excluding hydrogens is 339 g/mol.